The maximum absolute atomic E-state index is 13.0. The molecule has 4 unspecified atom stereocenters. The van der Waals surface area contributed by atoms with Crippen LogP contribution < -0.4 is 0 Å². The molecule has 0 aromatic heterocycles. The van der Waals surface area contributed by atoms with Gasteiger partial charge in [-0.15, -0.1) is 0 Å². The maximum Gasteiger partial charge on any atom is 0.472 e. The number of carbonyl (C=O) groups is 4. The molecule has 19 heteroatoms. The number of aliphatic hydroxyl groups excluding tert-OH is 1. The monoisotopic (exact) mass is 1250 g/mol. The molecule has 0 rings (SSSR count). The average Bonchev–Trinajstić information content (AvgIpc) is 3.56. The van der Waals surface area contributed by atoms with Gasteiger partial charge in [0, 0.05) is 25.7 Å². The summed E-state index contributed by atoms with van der Waals surface area (Å²) in [6.45, 7) is 11.8. The van der Waals surface area contributed by atoms with Crippen molar-refractivity contribution in [2.75, 3.05) is 39.6 Å². The molecule has 0 fully saturated rings. The smallest absolute Gasteiger partial charge is 0.462 e. The van der Waals surface area contributed by atoms with Gasteiger partial charge in [-0.1, -0.05) is 273 Å². The Hall–Kier alpha value is -1.94. The summed E-state index contributed by atoms with van der Waals surface area (Å²) in [5.74, 6) is 0.149. The summed E-state index contributed by atoms with van der Waals surface area (Å²) in [5, 5.41) is 10.6. The Balaban J connectivity index is 5.26. The number of phosphoric ester groups is 2. The van der Waals surface area contributed by atoms with Gasteiger partial charge in [0.2, 0.25) is 0 Å². The van der Waals surface area contributed by atoms with E-state index in [0.717, 1.165) is 108 Å². The first-order valence-corrected chi connectivity index (χ1v) is 37.4. The van der Waals surface area contributed by atoms with E-state index in [2.05, 4.69) is 48.5 Å². The Morgan fingerprint density at radius 1 is 0.341 bits per heavy atom. The molecular formula is C66H128O17P2. The van der Waals surface area contributed by atoms with E-state index in [1.807, 2.05) is 0 Å². The molecule has 504 valence electrons. The van der Waals surface area contributed by atoms with Crippen molar-refractivity contribution < 1.29 is 80.2 Å². The minimum absolute atomic E-state index is 0.104. The Labute approximate surface area is 517 Å². The van der Waals surface area contributed by atoms with E-state index in [0.29, 0.717) is 25.7 Å². The zero-order chi connectivity index (χ0) is 63.1. The van der Waals surface area contributed by atoms with Crippen LogP contribution in [0.5, 0.6) is 0 Å². The highest BCUT2D eigenvalue weighted by atomic mass is 31.2. The fourth-order valence-corrected chi connectivity index (χ4v) is 11.3. The van der Waals surface area contributed by atoms with Crippen molar-refractivity contribution in [3.05, 3.63) is 0 Å². The lowest BCUT2D eigenvalue weighted by Crippen LogP contribution is -2.30. The van der Waals surface area contributed by atoms with E-state index >= 15 is 0 Å². The van der Waals surface area contributed by atoms with Crippen molar-refractivity contribution in [2.45, 2.75) is 343 Å². The first-order chi connectivity index (χ1) is 40.8. The molecule has 0 saturated carbocycles. The van der Waals surface area contributed by atoms with E-state index in [-0.39, 0.29) is 25.7 Å². The molecule has 0 amide bonds. The fraction of sp³-hybridized carbons (Fsp3) is 0.939. The minimum Gasteiger partial charge on any atom is -0.462 e. The lowest BCUT2D eigenvalue weighted by atomic mass is 9.99. The van der Waals surface area contributed by atoms with Crippen molar-refractivity contribution in [1.82, 2.24) is 0 Å². The van der Waals surface area contributed by atoms with Crippen LogP contribution in [0.3, 0.4) is 0 Å². The van der Waals surface area contributed by atoms with Crippen LogP contribution in [0, 0.1) is 17.8 Å². The van der Waals surface area contributed by atoms with Gasteiger partial charge in [-0.3, -0.25) is 37.3 Å². The summed E-state index contributed by atoms with van der Waals surface area (Å²) in [6.07, 6.45) is 38.8. The quantitative estimate of drug-likeness (QED) is 0.0222. The number of ether oxygens (including phenoxy) is 4. The molecule has 0 aliphatic heterocycles. The topological polar surface area (TPSA) is 237 Å². The Kier molecular flexibility index (Phi) is 55.9. The van der Waals surface area contributed by atoms with Crippen LogP contribution in [0.4, 0.5) is 0 Å². The second kappa shape index (κ2) is 57.2. The Morgan fingerprint density at radius 2 is 0.600 bits per heavy atom. The van der Waals surface area contributed by atoms with Crippen molar-refractivity contribution in [3.63, 3.8) is 0 Å². The molecule has 0 spiro atoms. The first-order valence-electron chi connectivity index (χ1n) is 34.4. The molecule has 0 aromatic rings. The number of hydrogen-bond acceptors (Lipinski definition) is 15. The molecule has 0 saturated heterocycles. The van der Waals surface area contributed by atoms with Crippen molar-refractivity contribution in [1.29, 1.82) is 0 Å². The van der Waals surface area contributed by atoms with Crippen LogP contribution in [-0.4, -0.2) is 96.7 Å². The Bertz CT molecular complexity index is 1690. The highest BCUT2D eigenvalue weighted by Gasteiger charge is 2.30. The van der Waals surface area contributed by atoms with Gasteiger partial charge in [0.05, 0.1) is 26.4 Å². The van der Waals surface area contributed by atoms with Crippen molar-refractivity contribution >= 4 is 39.5 Å². The lowest BCUT2D eigenvalue weighted by Gasteiger charge is -2.21. The number of rotatable bonds is 64. The van der Waals surface area contributed by atoms with E-state index < -0.39 is 97.5 Å². The molecule has 0 aromatic carbocycles. The summed E-state index contributed by atoms with van der Waals surface area (Å²) in [7, 11) is -9.89. The van der Waals surface area contributed by atoms with E-state index in [1.165, 1.54) is 135 Å². The zero-order valence-electron chi connectivity index (χ0n) is 55.1. The predicted molar refractivity (Wildman–Crippen MR) is 340 cm³/mol. The van der Waals surface area contributed by atoms with Gasteiger partial charge < -0.3 is 33.8 Å². The number of carbonyl (C=O) groups excluding carboxylic acids is 4. The zero-order valence-corrected chi connectivity index (χ0v) is 56.9. The molecule has 85 heavy (non-hydrogen) atoms. The summed E-state index contributed by atoms with van der Waals surface area (Å²) in [4.78, 5) is 72.3. The van der Waals surface area contributed by atoms with Gasteiger partial charge >= 0.3 is 39.5 Å². The maximum atomic E-state index is 13.0. The standard InChI is InChI=1S/C66H128O17P2/c1-8-11-12-13-14-16-26-33-40-47-63(68)76-53-62(83-66(71)50-43-36-29-22-20-25-32-39-46-59(7)10-3)56-81-85(74,75)79-52-60(67)51-78-84(72,73)80-55-61(82-65(70)49-42-35-28-18-15-17-23-30-37-44-57(4)5)54-77-64(69)48-41-34-27-21-19-24-31-38-45-58(6)9-2/h57-62,67H,8-56H2,1-7H3,(H,72,73)(H,74,75)/t58?,59?,60-,61-,62-/m1/s1. The molecule has 0 heterocycles. The van der Waals surface area contributed by atoms with Gasteiger partial charge in [-0.25, -0.2) is 9.13 Å². The van der Waals surface area contributed by atoms with E-state index in [4.69, 9.17) is 37.0 Å². The Morgan fingerprint density at radius 3 is 0.894 bits per heavy atom. The van der Waals surface area contributed by atoms with Crippen LogP contribution in [0.25, 0.3) is 0 Å². The van der Waals surface area contributed by atoms with Gasteiger partial charge in [-0.05, 0) is 43.4 Å². The second-order valence-electron chi connectivity index (χ2n) is 24.8. The fourth-order valence-electron chi connectivity index (χ4n) is 9.77. The number of hydrogen-bond donors (Lipinski definition) is 3. The van der Waals surface area contributed by atoms with E-state index in [9.17, 15) is 43.2 Å². The number of phosphoric acid groups is 2. The van der Waals surface area contributed by atoms with Crippen LogP contribution in [0.15, 0.2) is 0 Å². The molecule has 3 N–H and O–H groups in total. The van der Waals surface area contributed by atoms with Gasteiger partial charge in [-0.2, -0.15) is 0 Å². The third kappa shape index (κ3) is 58.2. The van der Waals surface area contributed by atoms with Crippen molar-refractivity contribution in [3.8, 4) is 0 Å². The van der Waals surface area contributed by atoms with Gasteiger partial charge in [0.1, 0.15) is 19.3 Å². The number of esters is 4. The number of aliphatic hydroxyl groups is 1. The van der Waals surface area contributed by atoms with E-state index in [1.54, 1.807) is 0 Å². The van der Waals surface area contributed by atoms with Gasteiger partial charge in [0.15, 0.2) is 12.2 Å². The molecule has 0 radical (unpaired) electrons. The number of unbranched alkanes of at least 4 members (excludes halogenated alkanes) is 30. The summed E-state index contributed by atoms with van der Waals surface area (Å²) in [6, 6.07) is 0. The summed E-state index contributed by atoms with van der Waals surface area (Å²) in [5.41, 5.74) is 0. The predicted octanol–water partition coefficient (Wildman–Crippen LogP) is 18.3. The van der Waals surface area contributed by atoms with Crippen LogP contribution in [-0.2, 0) is 65.4 Å². The van der Waals surface area contributed by atoms with Crippen LogP contribution in [0.1, 0.15) is 325 Å². The molecule has 0 bridgehead atoms. The molecule has 0 aliphatic rings. The largest absolute Gasteiger partial charge is 0.472 e. The second-order valence-corrected chi connectivity index (χ2v) is 27.7. The normalized spacial score (nSPS) is 15.0. The molecule has 0 aliphatic carbocycles. The van der Waals surface area contributed by atoms with Gasteiger partial charge in [0.25, 0.3) is 0 Å². The average molecular weight is 1260 g/mol. The first kappa shape index (κ1) is 83.1. The van der Waals surface area contributed by atoms with Crippen LogP contribution >= 0.6 is 15.6 Å². The molecular weight excluding hydrogens is 1130 g/mol. The molecule has 17 nitrogen and oxygen atoms in total. The third-order valence-electron chi connectivity index (χ3n) is 15.9. The van der Waals surface area contributed by atoms with Crippen molar-refractivity contribution in [2.24, 2.45) is 17.8 Å². The highest BCUT2D eigenvalue weighted by Crippen LogP contribution is 2.45. The lowest BCUT2D eigenvalue weighted by molar-refractivity contribution is -0.161. The van der Waals surface area contributed by atoms with Crippen LogP contribution in [0.2, 0.25) is 0 Å². The summed E-state index contributed by atoms with van der Waals surface area (Å²) < 4.78 is 68.1. The SMILES string of the molecule is CCCCCCCCCCCC(=O)OC[C@H](COP(=O)(O)OC[C@H](O)COP(=O)(O)OC[C@@H](COC(=O)CCCCCCCCCCC(C)CC)OC(=O)CCCCCCCCCCCC(C)C)OC(=O)CCCCCCCCCCC(C)CC. The summed E-state index contributed by atoms with van der Waals surface area (Å²) >= 11 is 0. The molecule has 7 atom stereocenters. The minimum atomic E-state index is -4.95. The highest BCUT2D eigenvalue weighted by molar-refractivity contribution is 7.47. The third-order valence-corrected chi connectivity index (χ3v) is 17.8.